The molecule has 1 aromatic heterocycles. The molecule has 0 amide bonds. The van der Waals surface area contributed by atoms with Gasteiger partial charge in [0.15, 0.2) is 0 Å². The standard InChI is InChI=1S/C16H22N2O/c19-16(11-5-9-15-12-17-13-18-15)10-4-8-14-6-2-1-3-7-14/h1-3,6-7,12-13,16,19H,4-5,8-11H2,(H,17,18). The average molecular weight is 258 g/mol. The summed E-state index contributed by atoms with van der Waals surface area (Å²) in [5.74, 6) is 0. The quantitative estimate of drug-likeness (QED) is 0.764. The number of aromatic nitrogens is 2. The number of hydrogen-bond donors (Lipinski definition) is 2. The Morgan fingerprint density at radius 1 is 1.05 bits per heavy atom. The number of hydrogen-bond acceptors (Lipinski definition) is 2. The number of aromatic amines is 1. The number of aliphatic hydroxyl groups is 1. The molecule has 0 saturated carbocycles. The number of H-pyrrole nitrogens is 1. The zero-order valence-electron chi connectivity index (χ0n) is 11.3. The van der Waals surface area contributed by atoms with Crippen LogP contribution in [0.3, 0.4) is 0 Å². The van der Waals surface area contributed by atoms with Gasteiger partial charge in [0.05, 0.1) is 12.4 Å². The van der Waals surface area contributed by atoms with Crippen LogP contribution in [0.4, 0.5) is 0 Å². The summed E-state index contributed by atoms with van der Waals surface area (Å²) in [7, 11) is 0. The number of nitrogens with one attached hydrogen (secondary N) is 1. The summed E-state index contributed by atoms with van der Waals surface area (Å²) in [5.41, 5.74) is 2.50. The van der Waals surface area contributed by atoms with Gasteiger partial charge in [-0.2, -0.15) is 0 Å². The van der Waals surface area contributed by atoms with Gasteiger partial charge in [-0.3, -0.25) is 0 Å². The molecule has 2 rings (SSSR count). The topological polar surface area (TPSA) is 48.9 Å². The molecule has 0 bridgehead atoms. The minimum Gasteiger partial charge on any atom is -0.393 e. The van der Waals surface area contributed by atoms with Crippen molar-refractivity contribution in [3.05, 3.63) is 54.1 Å². The van der Waals surface area contributed by atoms with Crippen LogP contribution in [0.15, 0.2) is 42.9 Å². The first-order chi connectivity index (χ1) is 9.34. The van der Waals surface area contributed by atoms with Crippen molar-refractivity contribution in [2.75, 3.05) is 0 Å². The Labute approximate surface area is 114 Å². The largest absolute Gasteiger partial charge is 0.393 e. The van der Waals surface area contributed by atoms with Gasteiger partial charge in [-0.25, -0.2) is 4.98 Å². The number of imidazole rings is 1. The molecule has 0 fully saturated rings. The second-order valence-electron chi connectivity index (χ2n) is 5.00. The van der Waals surface area contributed by atoms with E-state index in [0.717, 1.165) is 44.2 Å². The van der Waals surface area contributed by atoms with E-state index < -0.39 is 0 Å². The summed E-state index contributed by atoms with van der Waals surface area (Å²) >= 11 is 0. The maximum Gasteiger partial charge on any atom is 0.0921 e. The molecule has 0 aliphatic heterocycles. The van der Waals surface area contributed by atoms with Gasteiger partial charge in [0, 0.05) is 11.9 Å². The van der Waals surface area contributed by atoms with E-state index in [4.69, 9.17) is 0 Å². The van der Waals surface area contributed by atoms with E-state index in [-0.39, 0.29) is 6.10 Å². The normalized spacial score (nSPS) is 12.5. The number of aryl methyl sites for hydroxylation is 2. The second-order valence-corrected chi connectivity index (χ2v) is 5.00. The Kier molecular flexibility index (Phi) is 5.63. The van der Waals surface area contributed by atoms with Gasteiger partial charge < -0.3 is 10.1 Å². The summed E-state index contributed by atoms with van der Waals surface area (Å²) < 4.78 is 0. The van der Waals surface area contributed by atoms with Gasteiger partial charge in [-0.05, 0) is 44.1 Å². The van der Waals surface area contributed by atoms with E-state index in [9.17, 15) is 5.11 Å². The highest BCUT2D eigenvalue weighted by atomic mass is 16.3. The van der Waals surface area contributed by atoms with Gasteiger partial charge >= 0.3 is 0 Å². The molecule has 1 atom stereocenters. The van der Waals surface area contributed by atoms with Crippen molar-refractivity contribution in [1.82, 2.24) is 9.97 Å². The van der Waals surface area contributed by atoms with Gasteiger partial charge in [0.2, 0.25) is 0 Å². The van der Waals surface area contributed by atoms with Crippen LogP contribution >= 0.6 is 0 Å². The van der Waals surface area contributed by atoms with Crippen molar-refractivity contribution in [2.24, 2.45) is 0 Å². The first-order valence-electron chi connectivity index (χ1n) is 7.04. The van der Waals surface area contributed by atoms with Gasteiger partial charge in [-0.1, -0.05) is 30.3 Å². The molecule has 19 heavy (non-hydrogen) atoms. The van der Waals surface area contributed by atoms with Crippen LogP contribution in [0.5, 0.6) is 0 Å². The molecule has 102 valence electrons. The van der Waals surface area contributed by atoms with E-state index in [1.54, 1.807) is 6.33 Å². The Bertz CT molecular complexity index is 439. The third kappa shape index (κ3) is 5.26. The lowest BCUT2D eigenvalue weighted by Gasteiger charge is -2.09. The summed E-state index contributed by atoms with van der Waals surface area (Å²) in [4.78, 5) is 7.07. The first kappa shape index (κ1) is 13.8. The van der Waals surface area contributed by atoms with Crippen molar-refractivity contribution < 1.29 is 5.11 Å². The lowest BCUT2D eigenvalue weighted by atomic mass is 10.0. The van der Waals surface area contributed by atoms with E-state index in [0.29, 0.717) is 0 Å². The number of rotatable bonds is 8. The molecule has 2 N–H and O–H groups in total. The molecule has 1 heterocycles. The predicted octanol–water partition coefficient (Wildman–Crippen LogP) is 3.12. The van der Waals surface area contributed by atoms with Gasteiger partial charge in [0.1, 0.15) is 0 Å². The Morgan fingerprint density at radius 3 is 2.47 bits per heavy atom. The van der Waals surface area contributed by atoms with Crippen molar-refractivity contribution in [2.45, 2.75) is 44.6 Å². The molecule has 1 aromatic carbocycles. The monoisotopic (exact) mass is 258 g/mol. The highest BCUT2D eigenvalue weighted by Gasteiger charge is 2.04. The fourth-order valence-corrected chi connectivity index (χ4v) is 2.28. The lowest BCUT2D eigenvalue weighted by molar-refractivity contribution is 0.149. The summed E-state index contributed by atoms with van der Waals surface area (Å²) in [6, 6.07) is 10.5. The fraction of sp³-hybridized carbons (Fsp3) is 0.438. The van der Waals surface area contributed by atoms with Gasteiger partial charge in [0.25, 0.3) is 0 Å². The molecule has 1 unspecified atom stereocenters. The van der Waals surface area contributed by atoms with Crippen LogP contribution in [0.1, 0.15) is 36.9 Å². The minimum absolute atomic E-state index is 0.174. The lowest BCUT2D eigenvalue weighted by Crippen LogP contribution is -2.07. The smallest absolute Gasteiger partial charge is 0.0921 e. The van der Waals surface area contributed by atoms with Crippen molar-refractivity contribution in [3.8, 4) is 0 Å². The predicted molar refractivity (Wildman–Crippen MR) is 76.9 cm³/mol. The van der Waals surface area contributed by atoms with Crippen molar-refractivity contribution in [1.29, 1.82) is 0 Å². The zero-order valence-corrected chi connectivity index (χ0v) is 11.3. The van der Waals surface area contributed by atoms with Crippen LogP contribution in [0.2, 0.25) is 0 Å². The Morgan fingerprint density at radius 2 is 1.79 bits per heavy atom. The van der Waals surface area contributed by atoms with Crippen molar-refractivity contribution in [3.63, 3.8) is 0 Å². The molecular weight excluding hydrogens is 236 g/mol. The molecule has 0 aliphatic rings. The first-order valence-corrected chi connectivity index (χ1v) is 7.04. The molecule has 0 radical (unpaired) electrons. The highest BCUT2D eigenvalue weighted by Crippen LogP contribution is 2.11. The zero-order chi connectivity index (χ0) is 13.3. The molecule has 3 nitrogen and oxygen atoms in total. The second kappa shape index (κ2) is 7.74. The SMILES string of the molecule is OC(CCCc1ccccc1)CCCc1cnc[nH]1. The third-order valence-corrected chi connectivity index (χ3v) is 3.38. The maximum absolute atomic E-state index is 9.93. The van der Waals surface area contributed by atoms with E-state index in [1.807, 2.05) is 12.3 Å². The van der Waals surface area contributed by atoms with Crippen LogP contribution in [-0.4, -0.2) is 21.2 Å². The van der Waals surface area contributed by atoms with Gasteiger partial charge in [-0.15, -0.1) is 0 Å². The molecule has 0 aliphatic carbocycles. The number of nitrogens with zero attached hydrogens (tertiary/aromatic N) is 1. The van der Waals surface area contributed by atoms with Crippen LogP contribution in [-0.2, 0) is 12.8 Å². The molecular formula is C16H22N2O. The molecule has 0 spiro atoms. The number of benzene rings is 1. The number of aliphatic hydroxyl groups excluding tert-OH is 1. The Hall–Kier alpha value is -1.61. The third-order valence-electron chi connectivity index (χ3n) is 3.38. The maximum atomic E-state index is 9.93. The van der Waals surface area contributed by atoms with E-state index >= 15 is 0 Å². The minimum atomic E-state index is -0.174. The van der Waals surface area contributed by atoms with Crippen LogP contribution < -0.4 is 0 Å². The Balaban J connectivity index is 1.56. The summed E-state index contributed by atoms with van der Waals surface area (Å²) in [6.07, 6.45) is 9.21. The van der Waals surface area contributed by atoms with E-state index in [1.165, 1.54) is 5.56 Å². The fourth-order valence-electron chi connectivity index (χ4n) is 2.28. The van der Waals surface area contributed by atoms with Crippen molar-refractivity contribution >= 4 is 0 Å². The van der Waals surface area contributed by atoms with Crippen LogP contribution in [0, 0.1) is 0 Å². The summed E-state index contributed by atoms with van der Waals surface area (Å²) in [6.45, 7) is 0. The van der Waals surface area contributed by atoms with Crippen LogP contribution in [0.25, 0.3) is 0 Å². The molecule has 0 saturated heterocycles. The summed E-state index contributed by atoms with van der Waals surface area (Å²) in [5, 5.41) is 9.93. The molecule has 2 aromatic rings. The average Bonchev–Trinajstić information content (AvgIpc) is 2.93. The molecule has 3 heteroatoms. The van der Waals surface area contributed by atoms with E-state index in [2.05, 4.69) is 34.2 Å². The highest BCUT2D eigenvalue weighted by molar-refractivity contribution is 5.14.